The van der Waals surface area contributed by atoms with Crippen LogP contribution in [0.4, 0.5) is 13.9 Å². The molecule has 1 unspecified atom stereocenters. The lowest BCUT2D eigenvalue weighted by atomic mass is 9.94. The van der Waals surface area contributed by atoms with Crippen molar-refractivity contribution in [3.8, 4) is 0 Å². The number of hydrogen-bond acceptors (Lipinski definition) is 5. The van der Waals surface area contributed by atoms with Gasteiger partial charge in [-0.25, -0.2) is 13.8 Å². The standard InChI is InChI=1S/C27H20F2N2O3S/c1-3-15-7-9-16(10-8-15)24(32)21-23(17-6-4-5-14(2)11-17)31(26(34)25(21)33)27-30-22-19(29)12-18(28)13-20(22)35-27/h4-13,23,32H,3H2,1-2H3/b24-21+. The number of nitrogens with zero attached hydrogens (tertiary/aromatic N) is 2. The predicted octanol–water partition coefficient (Wildman–Crippen LogP) is 6.07. The van der Waals surface area contributed by atoms with Crippen molar-refractivity contribution in [1.82, 2.24) is 4.98 Å². The minimum Gasteiger partial charge on any atom is -0.507 e. The van der Waals surface area contributed by atoms with Crippen molar-refractivity contribution in [2.45, 2.75) is 26.3 Å². The number of hydrogen-bond donors (Lipinski definition) is 1. The van der Waals surface area contributed by atoms with E-state index in [4.69, 9.17) is 0 Å². The summed E-state index contributed by atoms with van der Waals surface area (Å²) in [5, 5.41) is 11.3. The molecular weight excluding hydrogens is 470 g/mol. The van der Waals surface area contributed by atoms with Crippen LogP contribution in [-0.4, -0.2) is 21.8 Å². The van der Waals surface area contributed by atoms with E-state index in [0.717, 1.165) is 45.9 Å². The molecule has 1 fully saturated rings. The molecule has 35 heavy (non-hydrogen) atoms. The van der Waals surface area contributed by atoms with Gasteiger partial charge in [0.1, 0.15) is 17.1 Å². The van der Waals surface area contributed by atoms with Gasteiger partial charge in [0.15, 0.2) is 10.9 Å². The fourth-order valence-electron chi connectivity index (χ4n) is 4.29. The van der Waals surface area contributed by atoms with Crippen LogP contribution in [0.2, 0.25) is 0 Å². The average molecular weight is 491 g/mol. The third-order valence-corrected chi connectivity index (χ3v) is 7.05. The first kappa shape index (κ1) is 22.9. The first-order chi connectivity index (χ1) is 16.8. The number of Topliss-reactive ketones (excluding diaryl/α,β-unsaturated/α-hetero) is 1. The third kappa shape index (κ3) is 3.89. The molecule has 1 amide bonds. The van der Waals surface area contributed by atoms with Crippen LogP contribution in [-0.2, 0) is 16.0 Å². The monoisotopic (exact) mass is 490 g/mol. The van der Waals surface area contributed by atoms with E-state index in [1.54, 1.807) is 24.3 Å². The van der Waals surface area contributed by atoms with E-state index < -0.39 is 29.4 Å². The molecule has 0 saturated carbocycles. The van der Waals surface area contributed by atoms with Crippen LogP contribution in [0.1, 0.15) is 35.2 Å². The number of aliphatic hydroxyl groups excluding tert-OH is 1. The van der Waals surface area contributed by atoms with Crippen LogP contribution in [0, 0.1) is 18.6 Å². The summed E-state index contributed by atoms with van der Waals surface area (Å²) in [6, 6.07) is 15.2. The smallest absolute Gasteiger partial charge is 0.301 e. The molecule has 8 heteroatoms. The fourth-order valence-corrected chi connectivity index (χ4v) is 5.32. The lowest BCUT2D eigenvalue weighted by Crippen LogP contribution is -2.29. The van der Waals surface area contributed by atoms with Gasteiger partial charge in [-0.3, -0.25) is 14.5 Å². The Morgan fingerprint density at radius 3 is 2.51 bits per heavy atom. The van der Waals surface area contributed by atoms with Crippen LogP contribution < -0.4 is 4.90 Å². The number of carbonyl (C=O) groups is 2. The Balaban J connectivity index is 1.73. The molecule has 5 rings (SSSR count). The predicted molar refractivity (Wildman–Crippen MR) is 131 cm³/mol. The summed E-state index contributed by atoms with van der Waals surface area (Å²) in [7, 11) is 0. The van der Waals surface area contributed by atoms with Crippen LogP contribution in [0.3, 0.4) is 0 Å². The van der Waals surface area contributed by atoms with Crippen molar-refractivity contribution in [3.63, 3.8) is 0 Å². The lowest BCUT2D eigenvalue weighted by molar-refractivity contribution is -0.132. The Bertz CT molecular complexity index is 1530. The van der Waals surface area contributed by atoms with Crippen LogP contribution in [0.15, 0.2) is 66.2 Å². The lowest BCUT2D eigenvalue weighted by Gasteiger charge is -2.23. The van der Waals surface area contributed by atoms with Crippen molar-refractivity contribution in [1.29, 1.82) is 0 Å². The number of carbonyl (C=O) groups excluding carboxylic acids is 2. The highest BCUT2D eigenvalue weighted by Gasteiger charge is 2.48. The summed E-state index contributed by atoms with van der Waals surface area (Å²) in [4.78, 5) is 31.9. The quantitative estimate of drug-likeness (QED) is 0.214. The summed E-state index contributed by atoms with van der Waals surface area (Å²) in [6.07, 6.45) is 0.809. The first-order valence-corrected chi connectivity index (χ1v) is 11.8. The Kier molecular flexibility index (Phi) is 5.68. The second kappa shape index (κ2) is 8.70. The number of anilines is 1. The maximum absolute atomic E-state index is 14.4. The molecule has 3 aromatic carbocycles. The Labute approximate surface area is 204 Å². The Morgan fingerprint density at radius 1 is 1.09 bits per heavy atom. The minimum atomic E-state index is -0.991. The van der Waals surface area contributed by atoms with Gasteiger partial charge in [-0.2, -0.15) is 0 Å². The van der Waals surface area contributed by atoms with Crippen molar-refractivity contribution in [2.75, 3.05) is 4.90 Å². The molecule has 5 nitrogen and oxygen atoms in total. The van der Waals surface area contributed by atoms with Crippen molar-refractivity contribution in [3.05, 3.63) is 100 Å². The van der Waals surface area contributed by atoms with E-state index >= 15 is 0 Å². The van der Waals surface area contributed by atoms with E-state index in [1.807, 2.05) is 38.1 Å². The fraction of sp³-hybridized carbons (Fsp3) is 0.148. The number of benzene rings is 3. The van der Waals surface area contributed by atoms with Crippen LogP contribution in [0.5, 0.6) is 0 Å². The van der Waals surface area contributed by atoms with Gasteiger partial charge in [0.2, 0.25) is 0 Å². The Hall–Kier alpha value is -3.91. The van der Waals surface area contributed by atoms with E-state index in [1.165, 1.54) is 0 Å². The van der Waals surface area contributed by atoms with Crippen LogP contribution >= 0.6 is 11.3 Å². The number of aromatic nitrogens is 1. The third-order valence-electron chi connectivity index (χ3n) is 6.05. The zero-order valence-electron chi connectivity index (χ0n) is 18.9. The largest absolute Gasteiger partial charge is 0.507 e. The minimum absolute atomic E-state index is 0.0403. The summed E-state index contributed by atoms with van der Waals surface area (Å²) >= 11 is 0.903. The SMILES string of the molecule is CCc1ccc(/C(O)=C2\C(=O)C(=O)N(c3nc4c(F)cc(F)cc4s3)C2c2cccc(C)c2)cc1. The molecular formula is C27H20F2N2O3S. The zero-order valence-corrected chi connectivity index (χ0v) is 19.7. The molecule has 0 bridgehead atoms. The van der Waals surface area contributed by atoms with Gasteiger partial charge >= 0.3 is 5.91 Å². The average Bonchev–Trinajstić information content (AvgIpc) is 3.37. The van der Waals surface area contributed by atoms with Gasteiger partial charge in [0.05, 0.1) is 16.3 Å². The molecule has 1 aliphatic rings. The molecule has 176 valence electrons. The summed E-state index contributed by atoms with van der Waals surface area (Å²) < 4.78 is 28.4. The van der Waals surface area contributed by atoms with Gasteiger partial charge in [0, 0.05) is 11.6 Å². The maximum atomic E-state index is 14.4. The molecule has 2 heterocycles. The van der Waals surface area contributed by atoms with Crippen molar-refractivity contribution in [2.24, 2.45) is 0 Å². The second-order valence-electron chi connectivity index (χ2n) is 8.36. The number of amides is 1. The number of fused-ring (bicyclic) bond motifs is 1. The highest BCUT2D eigenvalue weighted by Crippen LogP contribution is 2.44. The van der Waals surface area contributed by atoms with Gasteiger partial charge in [-0.05, 0) is 30.5 Å². The zero-order chi connectivity index (χ0) is 24.9. The molecule has 4 aromatic rings. The number of halogens is 2. The van der Waals surface area contributed by atoms with Gasteiger partial charge in [0.25, 0.3) is 5.78 Å². The molecule has 1 N–H and O–H groups in total. The van der Waals surface area contributed by atoms with Gasteiger partial charge in [-0.1, -0.05) is 72.4 Å². The molecule has 0 spiro atoms. The van der Waals surface area contributed by atoms with E-state index in [2.05, 4.69) is 4.98 Å². The van der Waals surface area contributed by atoms with E-state index in [-0.39, 0.29) is 26.7 Å². The van der Waals surface area contributed by atoms with E-state index in [9.17, 15) is 23.5 Å². The van der Waals surface area contributed by atoms with Gasteiger partial charge < -0.3 is 5.11 Å². The topological polar surface area (TPSA) is 70.5 Å². The molecule has 1 saturated heterocycles. The highest BCUT2D eigenvalue weighted by molar-refractivity contribution is 7.22. The number of thiazole rings is 1. The molecule has 0 aliphatic carbocycles. The van der Waals surface area contributed by atoms with Crippen molar-refractivity contribution < 1.29 is 23.5 Å². The number of aliphatic hydroxyl groups is 1. The highest BCUT2D eigenvalue weighted by atomic mass is 32.1. The van der Waals surface area contributed by atoms with Crippen molar-refractivity contribution >= 4 is 44.1 Å². The summed E-state index contributed by atoms with van der Waals surface area (Å²) in [5.41, 5.74) is 2.75. The Morgan fingerprint density at radius 2 is 1.83 bits per heavy atom. The normalized spacial score (nSPS) is 17.5. The van der Waals surface area contributed by atoms with Crippen LogP contribution in [0.25, 0.3) is 16.0 Å². The number of aryl methyl sites for hydroxylation is 2. The molecule has 1 aromatic heterocycles. The molecule has 0 radical (unpaired) electrons. The summed E-state index contributed by atoms with van der Waals surface area (Å²) in [6.45, 7) is 3.87. The maximum Gasteiger partial charge on any atom is 0.301 e. The van der Waals surface area contributed by atoms with Gasteiger partial charge in [-0.15, -0.1) is 0 Å². The number of rotatable bonds is 4. The second-order valence-corrected chi connectivity index (χ2v) is 9.37. The molecule has 1 atom stereocenters. The summed E-state index contributed by atoms with van der Waals surface area (Å²) in [5.74, 6) is -3.71. The molecule has 1 aliphatic heterocycles. The first-order valence-electron chi connectivity index (χ1n) is 11.0. The van der Waals surface area contributed by atoms with E-state index in [0.29, 0.717) is 11.1 Å². The number of ketones is 1.